The number of nitrogens with one attached hydrogen (secondary N) is 1. The third kappa shape index (κ3) is 9.15. The number of carbonyl (C=O) groups is 2. The van der Waals surface area contributed by atoms with Gasteiger partial charge < -0.3 is 29.0 Å². The van der Waals surface area contributed by atoms with Crippen LogP contribution in [0.3, 0.4) is 0 Å². The molecule has 242 valence electrons. The molecule has 0 radical (unpaired) electrons. The summed E-state index contributed by atoms with van der Waals surface area (Å²) in [6.07, 6.45) is 7.03. The smallest absolute Gasteiger partial charge is 0.336 e. The van der Waals surface area contributed by atoms with E-state index in [-0.39, 0.29) is 36.2 Å². The molecule has 2 aromatic carbocycles. The number of hydrogen-bond donors (Lipinski definition) is 1. The Morgan fingerprint density at radius 2 is 1.67 bits per heavy atom. The molecule has 11 nitrogen and oxygen atoms in total. The van der Waals surface area contributed by atoms with Gasteiger partial charge in [0.15, 0.2) is 0 Å². The quantitative estimate of drug-likeness (QED) is 0.0895. The molecule has 2 unspecified atom stereocenters. The van der Waals surface area contributed by atoms with Gasteiger partial charge in [-0.2, -0.15) is 0 Å². The first-order valence-electron chi connectivity index (χ1n) is 15.3. The van der Waals surface area contributed by atoms with Crippen LogP contribution in [0.5, 0.6) is 5.75 Å². The van der Waals surface area contributed by atoms with Crippen molar-refractivity contribution in [2.45, 2.75) is 77.4 Å². The number of allylic oxidation sites excluding steroid dienone is 2. The van der Waals surface area contributed by atoms with E-state index in [0.717, 1.165) is 24.8 Å². The molecule has 4 rings (SSSR count). The van der Waals surface area contributed by atoms with Crippen LogP contribution in [-0.2, 0) is 35.0 Å². The van der Waals surface area contributed by atoms with Crippen molar-refractivity contribution in [1.29, 1.82) is 0 Å². The molecule has 2 aliphatic rings. The third-order valence-electron chi connectivity index (χ3n) is 8.04. The highest BCUT2D eigenvalue weighted by Crippen LogP contribution is 2.40. The molecule has 1 saturated carbocycles. The number of non-ortho nitro benzene ring substituents is 1. The summed E-state index contributed by atoms with van der Waals surface area (Å²) >= 11 is 0. The van der Waals surface area contributed by atoms with Crippen molar-refractivity contribution in [2.75, 3.05) is 27.1 Å². The number of dihydropyridines is 1. The van der Waals surface area contributed by atoms with Crippen molar-refractivity contribution in [1.82, 2.24) is 5.32 Å². The Morgan fingerprint density at radius 1 is 0.978 bits per heavy atom. The van der Waals surface area contributed by atoms with Gasteiger partial charge in [0.05, 0.1) is 41.3 Å². The number of esters is 2. The van der Waals surface area contributed by atoms with E-state index in [4.69, 9.17) is 23.7 Å². The van der Waals surface area contributed by atoms with Gasteiger partial charge in [0, 0.05) is 23.5 Å². The molecule has 0 saturated heterocycles. The first kappa shape index (κ1) is 33.7. The number of rotatable bonds is 14. The van der Waals surface area contributed by atoms with Gasteiger partial charge in [-0.15, -0.1) is 0 Å². The molecule has 0 amide bonds. The Balaban J connectivity index is 1.31. The Bertz CT molecular complexity index is 1410. The van der Waals surface area contributed by atoms with Crippen molar-refractivity contribution >= 4 is 17.6 Å². The summed E-state index contributed by atoms with van der Waals surface area (Å²) in [6.45, 7) is 5.75. The minimum Gasteiger partial charge on any atom is -0.490 e. The number of hydrogen-bond acceptors (Lipinski definition) is 10. The summed E-state index contributed by atoms with van der Waals surface area (Å²) in [5, 5.41) is 14.5. The van der Waals surface area contributed by atoms with Gasteiger partial charge in [-0.25, -0.2) is 9.59 Å². The second-order valence-corrected chi connectivity index (χ2v) is 11.3. The van der Waals surface area contributed by atoms with Crippen LogP contribution in [0, 0.1) is 10.1 Å². The number of nitrogens with zero attached hydrogens (tertiary/aromatic N) is 1. The molecule has 1 fully saturated rings. The average Bonchev–Trinajstić information content (AvgIpc) is 3.03. The fourth-order valence-corrected chi connectivity index (χ4v) is 5.76. The largest absolute Gasteiger partial charge is 0.490 e. The molecule has 1 heterocycles. The van der Waals surface area contributed by atoms with E-state index in [2.05, 4.69) is 5.32 Å². The number of benzene rings is 2. The zero-order valence-electron chi connectivity index (χ0n) is 26.3. The predicted molar refractivity (Wildman–Crippen MR) is 166 cm³/mol. The zero-order chi connectivity index (χ0) is 32.3. The van der Waals surface area contributed by atoms with Crippen LogP contribution in [0.15, 0.2) is 71.1 Å². The van der Waals surface area contributed by atoms with Crippen molar-refractivity contribution in [2.24, 2.45) is 0 Å². The van der Waals surface area contributed by atoms with Crippen LogP contribution < -0.4 is 10.1 Å². The van der Waals surface area contributed by atoms with Gasteiger partial charge in [0.25, 0.3) is 5.69 Å². The van der Waals surface area contributed by atoms with Crippen LogP contribution in [-0.4, -0.2) is 56.2 Å². The van der Waals surface area contributed by atoms with E-state index in [9.17, 15) is 19.7 Å². The normalized spacial score (nSPS) is 17.8. The van der Waals surface area contributed by atoms with Crippen molar-refractivity contribution in [3.05, 3.63) is 92.3 Å². The molecule has 0 aromatic heterocycles. The molecule has 1 aliphatic carbocycles. The van der Waals surface area contributed by atoms with Crippen molar-refractivity contribution in [3.8, 4) is 5.75 Å². The molecule has 11 heteroatoms. The predicted octanol–water partition coefficient (Wildman–Crippen LogP) is 5.88. The highest BCUT2D eigenvalue weighted by atomic mass is 16.7. The molecule has 2 aromatic rings. The lowest BCUT2D eigenvalue weighted by atomic mass is 9.80. The fourth-order valence-electron chi connectivity index (χ4n) is 5.76. The highest BCUT2D eigenvalue weighted by molar-refractivity contribution is 5.99. The maximum absolute atomic E-state index is 13.4. The lowest BCUT2D eigenvalue weighted by Crippen LogP contribution is -2.32. The van der Waals surface area contributed by atoms with E-state index in [1.165, 1.54) is 44.6 Å². The van der Waals surface area contributed by atoms with Gasteiger partial charge in [0.1, 0.15) is 25.8 Å². The van der Waals surface area contributed by atoms with Crippen molar-refractivity contribution in [3.63, 3.8) is 0 Å². The molecule has 45 heavy (non-hydrogen) atoms. The summed E-state index contributed by atoms with van der Waals surface area (Å²) in [5.41, 5.74) is 2.61. The Labute approximate surface area is 263 Å². The number of methoxy groups -OCH3 is 1. The summed E-state index contributed by atoms with van der Waals surface area (Å²) in [4.78, 5) is 37.1. The fraction of sp³-hybridized carbons (Fsp3) is 0.471. The van der Waals surface area contributed by atoms with Crippen LogP contribution >= 0.6 is 0 Å². The van der Waals surface area contributed by atoms with E-state index < -0.39 is 22.8 Å². The Kier molecular flexibility index (Phi) is 12.1. The molecule has 0 bridgehead atoms. The average molecular weight is 623 g/mol. The summed E-state index contributed by atoms with van der Waals surface area (Å²) < 4.78 is 28.1. The first-order chi connectivity index (χ1) is 21.7. The van der Waals surface area contributed by atoms with Gasteiger partial charge in [-0.1, -0.05) is 43.5 Å². The van der Waals surface area contributed by atoms with Crippen LogP contribution in [0.4, 0.5) is 5.69 Å². The Morgan fingerprint density at radius 3 is 2.33 bits per heavy atom. The summed E-state index contributed by atoms with van der Waals surface area (Å²) in [6, 6.07) is 13.5. The SMILES string of the molecule is COC(=O)C1=C(C)NC(C)=C(C(=O)OCCOc2ccc(CC(C)OCOC3CCCCC3)cc2)C1c1cccc([N+](=O)[O-])c1. The number of carbonyl (C=O) groups excluding carboxylic acids is 2. The summed E-state index contributed by atoms with van der Waals surface area (Å²) in [5.74, 6) is -1.63. The molecular weight excluding hydrogens is 580 g/mol. The van der Waals surface area contributed by atoms with E-state index in [0.29, 0.717) is 35.6 Å². The van der Waals surface area contributed by atoms with Gasteiger partial charge >= 0.3 is 11.9 Å². The molecule has 2 atom stereocenters. The molecular formula is C34H42N2O9. The Hall–Kier alpha value is -4.22. The maximum Gasteiger partial charge on any atom is 0.336 e. The minimum atomic E-state index is -0.926. The maximum atomic E-state index is 13.4. The van der Waals surface area contributed by atoms with Crippen LogP contribution in [0.1, 0.15) is 69.9 Å². The molecule has 1 aliphatic heterocycles. The van der Waals surface area contributed by atoms with E-state index in [1.54, 1.807) is 19.9 Å². The number of nitro benzene ring substituents is 1. The monoisotopic (exact) mass is 622 g/mol. The van der Waals surface area contributed by atoms with Crippen LogP contribution in [0.2, 0.25) is 0 Å². The minimum absolute atomic E-state index is 0.0102. The standard InChI is InChI=1S/C34H42N2O9/c1-22(44-21-45-28-11-6-5-7-12-28)19-25-13-15-29(16-14-25)42-17-18-43-34(38)31-24(3)35-23(2)30(33(37)41-4)32(31)26-9-8-10-27(20-26)36(39)40/h8-10,13-16,20,22,28,32,35H,5-7,11-12,17-19,21H2,1-4H3. The topological polar surface area (TPSA) is 135 Å². The molecule has 0 spiro atoms. The van der Waals surface area contributed by atoms with E-state index >= 15 is 0 Å². The number of nitro groups is 1. The van der Waals surface area contributed by atoms with Gasteiger partial charge in [0.2, 0.25) is 0 Å². The lowest BCUT2D eigenvalue weighted by molar-refractivity contribution is -0.384. The van der Waals surface area contributed by atoms with Gasteiger partial charge in [-0.05, 0) is 63.3 Å². The summed E-state index contributed by atoms with van der Waals surface area (Å²) in [7, 11) is 1.24. The third-order valence-corrected chi connectivity index (χ3v) is 8.04. The second kappa shape index (κ2) is 16.2. The first-order valence-corrected chi connectivity index (χ1v) is 15.3. The van der Waals surface area contributed by atoms with Gasteiger partial charge in [-0.3, -0.25) is 10.1 Å². The lowest BCUT2D eigenvalue weighted by Gasteiger charge is -2.30. The zero-order valence-corrected chi connectivity index (χ0v) is 26.3. The van der Waals surface area contributed by atoms with Crippen LogP contribution in [0.25, 0.3) is 0 Å². The number of ether oxygens (including phenoxy) is 5. The second-order valence-electron chi connectivity index (χ2n) is 11.3. The van der Waals surface area contributed by atoms with E-state index in [1.807, 2.05) is 31.2 Å². The van der Waals surface area contributed by atoms with Crippen molar-refractivity contribution < 1.29 is 38.2 Å². The highest BCUT2D eigenvalue weighted by Gasteiger charge is 2.38. The molecule has 1 N–H and O–H groups in total.